The van der Waals surface area contributed by atoms with E-state index in [9.17, 15) is 9.59 Å². The molecule has 0 aromatic heterocycles. The Kier molecular flexibility index (Phi) is 11.8. The van der Waals surface area contributed by atoms with Crippen LogP contribution in [0.1, 0.15) is 65.7 Å². The molecule has 5 heteroatoms. The zero-order chi connectivity index (χ0) is 19.4. The van der Waals surface area contributed by atoms with Gasteiger partial charge in [0.25, 0.3) is 0 Å². The summed E-state index contributed by atoms with van der Waals surface area (Å²) in [4.78, 5) is 30.6. The largest absolute Gasteiger partial charge is 0.343 e. The number of hydrogen-bond donors (Lipinski definition) is 0. The molecule has 0 atom stereocenters. The van der Waals surface area contributed by atoms with Crippen molar-refractivity contribution in [3.05, 3.63) is 0 Å². The molecule has 2 fully saturated rings. The van der Waals surface area contributed by atoms with E-state index in [1.165, 1.54) is 32.7 Å². The quantitative estimate of drug-likeness (QED) is 0.619. The van der Waals surface area contributed by atoms with Gasteiger partial charge in [-0.25, -0.2) is 0 Å². The highest BCUT2D eigenvalue weighted by atomic mass is 16.2. The molecular formula is C21H41N3O2. The Morgan fingerprint density at radius 2 is 1.46 bits per heavy atom. The molecule has 26 heavy (non-hydrogen) atoms. The molecule has 0 bridgehead atoms. The molecule has 0 N–H and O–H groups in total. The zero-order valence-electron chi connectivity index (χ0n) is 17.6. The fraction of sp³-hybridized carbons (Fsp3) is 0.905. The monoisotopic (exact) mass is 367 g/mol. The van der Waals surface area contributed by atoms with Crippen molar-refractivity contribution in [3.8, 4) is 0 Å². The van der Waals surface area contributed by atoms with Gasteiger partial charge in [0, 0.05) is 65.1 Å². The van der Waals surface area contributed by atoms with E-state index in [1.807, 2.05) is 25.7 Å². The van der Waals surface area contributed by atoms with Crippen molar-refractivity contribution in [3.63, 3.8) is 0 Å². The number of unbranched alkanes of at least 4 members (excludes halogenated alkanes) is 1. The third-order valence-corrected chi connectivity index (χ3v) is 5.57. The smallest absolute Gasteiger partial charge is 0.222 e. The number of amides is 1. The van der Waals surface area contributed by atoms with Gasteiger partial charge < -0.3 is 14.7 Å². The van der Waals surface area contributed by atoms with Gasteiger partial charge in [-0.3, -0.25) is 9.59 Å². The van der Waals surface area contributed by atoms with Crippen molar-refractivity contribution in [1.29, 1.82) is 0 Å². The van der Waals surface area contributed by atoms with E-state index in [2.05, 4.69) is 16.8 Å². The number of likely N-dealkylation sites (tertiary alicyclic amines) is 1. The maximum Gasteiger partial charge on any atom is 0.222 e. The first-order valence-corrected chi connectivity index (χ1v) is 10.8. The summed E-state index contributed by atoms with van der Waals surface area (Å²) in [5, 5.41) is 0. The number of rotatable bonds is 8. The van der Waals surface area contributed by atoms with Crippen LogP contribution in [0.3, 0.4) is 0 Å². The van der Waals surface area contributed by atoms with Gasteiger partial charge in [-0.2, -0.15) is 0 Å². The summed E-state index contributed by atoms with van der Waals surface area (Å²) in [7, 11) is 2.19. The molecule has 2 aliphatic rings. The van der Waals surface area contributed by atoms with Gasteiger partial charge in [0.15, 0.2) is 0 Å². The average Bonchev–Trinajstić information content (AvgIpc) is 2.68. The van der Waals surface area contributed by atoms with Crippen LogP contribution in [0.15, 0.2) is 0 Å². The number of carbonyl (C=O) groups excluding carboxylic acids is 2. The Morgan fingerprint density at radius 1 is 0.885 bits per heavy atom. The van der Waals surface area contributed by atoms with Crippen LogP contribution in [0.5, 0.6) is 0 Å². The predicted octanol–water partition coefficient (Wildman–Crippen LogP) is 3.04. The molecular weight excluding hydrogens is 326 g/mol. The normalized spacial score (nSPS) is 19.8. The van der Waals surface area contributed by atoms with E-state index in [-0.39, 0.29) is 5.91 Å². The van der Waals surface area contributed by atoms with E-state index in [0.717, 1.165) is 44.7 Å². The molecule has 2 aliphatic heterocycles. The molecule has 0 unspecified atom stereocenters. The molecule has 5 nitrogen and oxygen atoms in total. The minimum Gasteiger partial charge on any atom is -0.343 e. The highest BCUT2D eigenvalue weighted by Crippen LogP contribution is 2.20. The first-order chi connectivity index (χ1) is 12.6. The molecule has 0 radical (unpaired) electrons. The van der Waals surface area contributed by atoms with Crippen LogP contribution in [0.4, 0.5) is 0 Å². The number of ketones is 1. The molecule has 0 aromatic rings. The molecule has 1 amide bonds. The number of hydrogen-bond acceptors (Lipinski definition) is 4. The van der Waals surface area contributed by atoms with E-state index in [1.54, 1.807) is 0 Å². The van der Waals surface area contributed by atoms with E-state index < -0.39 is 0 Å². The first kappa shape index (κ1) is 23.1. The molecule has 0 aromatic carbocycles. The van der Waals surface area contributed by atoms with Gasteiger partial charge in [-0.05, 0) is 38.6 Å². The van der Waals surface area contributed by atoms with E-state index in [4.69, 9.17) is 0 Å². The molecule has 2 rings (SSSR count). The summed E-state index contributed by atoms with van der Waals surface area (Å²) >= 11 is 0. The SMILES string of the molecule is CC.CCC(=O)CCCCC(=O)N1CCC(CN2CCN(C)CC2)CC1. The Labute approximate surface area is 161 Å². The lowest BCUT2D eigenvalue weighted by atomic mass is 9.95. The van der Waals surface area contributed by atoms with Crippen molar-refractivity contribution >= 4 is 11.7 Å². The maximum atomic E-state index is 12.3. The highest BCUT2D eigenvalue weighted by molar-refractivity contribution is 5.78. The third-order valence-electron chi connectivity index (χ3n) is 5.57. The predicted molar refractivity (Wildman–Crippen MR) is 108 cm³/mol. The van der Waals surface area contributed by atoms with Crippen LogP contribution >= 0.6 is 0 Å². The second-order valence-corrected chi connectivity index (χ2v) is 7.53. The lowest BCUT2D eigenvalue weighted by Crippen LogP contribution is -2.47. The summed E-state index contributed by atoms with van der Waals surface area (Å²) in [5.74, 6) is 1.35. The van der Waals surface area contributed by atoms with Gasteiger partial charge in [-0.1, -0.05) is 20.8 Å². The molecule has 0 aliphatic carbocycles. The Balaban J connectivity index is 0.00000163. The summed E-state index contributed by atoms with van der Waals surface area (Å²) in [6.45, 7) is 13.7. The van der Waals surface area contributed by atoms with Gasteiger partial charge in [0.1, 0.15) is 5.78 Å². The molecule has 152 valence electrons. The minimum absolute atomic E-state index is 0.289. The zero-order valence-corrected chi connectivity index (χ0v) is 17.6. The van der Waals surface area contributed by atoms with Crippen molar-refractivity contribution in [2.45, 2.75) is 65.7 Å². The van der Waals surface area contributed by atoms with Crippen molar-refractivity contribution < 1.29 is 9.59 Å². The summed E-state index contributed by atoms with van der Waals surface area (Å²) < 4.78 is 0. The summed E-state index contributed by atoms with van der Waals surface area (Å²) in [6.07, 6.45) is 5.87. The van der Waals surface area contributed by atoms with Crippen LogP contribution in [0.25, 0.3) is 0 Å². The highest BCUT2D eigenvalue weighted by Gasteiger charge is 2.25. The molecule has 2 saturated heterocycles. The van der Waals surface area contributed by atoms with Crippen LogP contribution < -0.4 is 0 Å². The van der Waals surface area contributed by atoms with Crippen molar-refractivity contribution in [2.24, 2.45) is 5.92 Å². The van der Waals surface area contributed by atoms with Gasteiger partial charge in [0.05, 0.1) is 0 Å². The Hall–Kier alpha value is -0.940. The fourth-order valence-electron chi connectivity index (χ4n) is 3.69. The number of piperidine rings is 1. The molecule has 2 heterocycles. The fourth-order valence-corrected chi connectivity index (χ4v) is 3.69. The number of likely N-dealkylation sites (N-methyl/N-ethyl adjacent to an activating group) is 1. The Morgan fingerprint density at radius 3 is 2.04 bits per heavy atom. The molecule has 0 saturated carbocycles. The second kappa shape index (κ2) is 13.3. The number of nitrogens with zero attached hydrogens (tertiary/aromatic N) is 3. The lowest BCUT2D eigenvalue weighted by molar-refractivity contribution is -0.133. The molecule has 0 spiro atoms. The minimum atomic E-state index is 0.289. The number of carbonyl (C=O) groups is 2. The second-order valence-electron chi connectivity index (χ2n) is 7.53. The van der Waals surface area contributed by atoms with E-state index >= 15 is 0 Å². The lowest BCUT2D eigenvalue weighted by Gasteiger charge is -2.38. The maximum absolute atomic E-state index is 12.3. The standard InChI is InChI=1S/C19H35N3O2.C2H6/c1-3-18(23)6-4-5-7-19(24)22-10-8-17(9-11-22)16-21-14-12-20(2)13-15-21;1-2/h17H,3-16H2,1-2H3;1-2H3. The van der Waals surface area contributed by atoms with Crippen LogP contribution in [0.2, 0.25) is 0 Å². The number of piperazine rings is 1. The Bertz CT molecular complexity index is 398. The summed E-state index contributed by atoms with van der Waals surface area (Å²) in [6, 6.07) is 0. The van der Waals surface area contributed by atoms with Crippen molar-refractivity contribution in [2.75, 3.05) is 52.9 Å². The van der Waals surface area contributed by atoms with Gasteiger partial charge in [-0.15, -0.1) is 0 Å². The van der Waals surface area contributed by atoms with Crippen molar-refractivity contribution in [1.82, 2.24) is 14.7 Å². The van der Waals surface area contributed by atoms with Gasteiger partial charge >= 0.3 is 0 Å². The van der Waals surface area contributed by atoms with Gasteiger partial charge in [0.2, 0.25) is 5.91 Å². The van der Waals surface area contributed by atoms with Crippen LogP contribution in [0, 0.1) is 5.92 Å². The summed E-state index contributed by atoms with van der Waals surface area (Å²) in [5.41, 5.74) is 0. The van der Waals surface area contributed by atoms with E-state index in [0.29, 0.717) is 25.0 Å². The third kappa shape index (κ3) is 8.63. The average molecular weight is 368 g/mol. The first-order valence-electron chi connectivity index (χ1n) is 10.8. The topological polar surface area (TPSA) is 43.9 Å². The van der Waals surface area contributed by atoms with Crippen LogP contribution in [-0.2, 0) is 9.59 Å². The van der Waals surface area contributed by atoms with Crippen LogP contribution in [-0.4, -0.2) is 79.3 Å². The number of Topliss-reactive ketones (excluding diaryl/α,β-unsaturated/α-hetero) is 1.